The first kappa shape index (κ1) is 15.3. The van der Waals surface area contributed by atoms with E-state index in [9.17, 15) is 4.79 Å². The first-order valence-corrected chi connectivity index (χ1v) is 7.40. The molecular formula is C18H22N2O. The number of rotatable bonds is 8. The van der Waals surface area contributed by atoms with Crippen LogP contribution >= 0.6 is 0 Å². The van der Waals surface area contributed by atoms with E-state index in [0.29, 0.717) is 19.5 Å². The Kier molecular flexibility index (Phi) is 6.49. The van der Waals surface area contributed by atoms with Gasteiger partial charge in [-0.05, 0) is 24.1 Å². The summed E-state index contributed by atoms with van der Waals surface area (Å²) in [5.74, 6) is 0.0889. The summed E-state index contributed by atoms with van der Waals surface area (Å²) in [5, 5.41) is 6.23. The molecule has 2 N–H and O–H groups in total. The minimum atomic E-state index is 0.0889. The molecule has 21 heavy (non-hydrogen) atoms. The Morgan fingerprint density at radius 3 is 2.10 bits per heavy atom. The van der Waals surface area contributed by atoms with E-state index in [4.69, 9.17) is 0 Å². The molecule has 3 heteroatoms. The molecule has 0 heterocycles. The molecule has 1 amide bonds. The minimum Gasteiger partial charge on any atom is -0.352 e. The zero-order valence-electron chi connectivity index (χ0n) is 12.2. The van der Waals surface area contributed by atoms with E-state index in [1.807, 2.05) is 48.5 Å². The predicted octanol–water partition coefficient (Wildman–Crippen LogP) is 2.53. The molecule has 0 aliphatic rings. The highest BCUT2D eigenvalue weighted by molar-refractivity contribution is 5.76. The third kappa shape index (κ3) is 6.23. The average molecular weight is 282 g/mol. The van der Waals surface area contributed by atoms with E-state index in [1.165, 1.54) is 5.56 Å². The van der Waals surface area contributed by atoms with Crippen molar-refractivity contribution >= 4 is 5.91 Å². The first-order chi connectivity index (χ1) is 10.3. The Morgan fingerprint density at radius 1 is 0.810 bits per heavy atom. The summed E-state index contributed by atoms with van der Waals surface area (Å²) in [6.45, 7) is 2.22. The van der Waals surface area contributed by atoms with Gasteiger partial charge < -0.3 is 10.6 Å². The van der Waals surface area contributed by atoms with Crippen LogP contribution in [0.3, 0.4) is 0 Å². The zero-order valence-corrected chi connectivity index (χ0v) is 12.2. The quantitative estimate of drug-likeness (QED) is 0.731. The summed E-state index contributed by atoms with van der Waals surface area (Å²) < 4.78 is 0. The van der Waals surface area contributed by atoms with Crippen molar-refractivity contribution in [3.63, 3.8) is 0 Å². The van der Waals surface area contributed by atoms with Crippen LogP contribution in [0.25, 0.3) is 0 Å². The number of carbonyl (C=O) groups excluding carboxylic acids is 1. The summed E-state index contributed by atoms with van der Waals surface area (Å²) in [6, 6.07) is 20.3. The van der Waals surface area contributed by atoms with Crippen molar-refractivity contribution < 1.29 is 4.79 Å². The van der Waals surface area contributed by atoms with Gasteiger partial charge in [-0.25, -0.2) is 0 Å². The van der Waals surface area contributed by atoms with Crippen LogP contribution in [-0.4, -0.2) is 19.0 Å². The highest BCUT2D eigenvalue weighted by atomic mass is 16.1. The standard InChI is InChI=1S/C18H22N2O/c21-18(20-15-17-9-5-2-6-10-17)12-14-19-13-11-16-7-3-1-4-8-16/h1-10,19H,11-15H2,(H,20,21). The maximum atomic E-state index is 11.7. The van der Waals surface area contributed by atoms with Crippen molar-refractivity contribution in [2.24, 2.45) is 0 Å². The van der Waals surface area contributed by atoms with Gasteiger partial charge in [-0.1, -0.05) is 60.7 Å². The lowest BCUT2D eigenvalue weighted by molar-refractivity contribution is -0.121. The van der Waals surface area contributed by atoms with Crippen LogP contribution in [0.5, 0.6) is 0 Å². The molecule has 2 rings (SSSR count). The monoisotopic (exact) mass is 282 g/mol. The number of benzene rings is 2. The number of hydrogen-bond donors (Lipinski definition) is 2. The van der Waals surface area contributed by atoms with Crippen LogP contribution in [0, 0.1) is 0 Å². The number of nitrogens with one attached hydrogen (secondary N) is 2. The van der Waals surface area contributed by atoms with Crippen LogP contribution in [0.1, 0.15) is 17.5 Å². The van der Waals surface area contributed by atoms with Gasteiger partial charge in [0.15, 0.2) is 0 Å². The molecule has 0 bridgehead atoms. The van der Waals surface area contributed by atoms with E-state index < -0.39 is 0 Å². The van der Waals surface area contributed by atoms with Crippen LogP contribution in [0.2, 0.25) is 0 Å². The third-order valence-electron chi connectivity index (χ3n) is 3.29. The molecule has 3 nitrogen and oxygen atoms in total. The zero-order chi connectivity index (χ0) is 14.8. The normalized spacial score (nSPS) is 10.3. The molecule has 2 aromatic rings. The highest BCUT2D eigenvalue weighted by Crippen LogP contribution is 1.98. The van der Waals surface area contributed by atoms with Crippen LogP contribution in [0.4, 0.5) is 0 Å². The highest BCUT2D eigenvalue weighted by Gasteiger charge is 2.00. The topological polar surface area (TPSA) is 41.1 Å². The molecule has 0 saturated heterocycles. The van der Waals surface area contributed by atoms with Gasteiger partial charge in [0.25, 0.3) is 0 Å². The fourth-order valence-electron chi connectivity index (χ4n) is 2.09. The smallest absolute Gasteiger partial charge is 0.221 e. The van der Waals surface area contributed by atoms with Gasteiger partial charge in [-0.3, -0.25) is 4.79 Å². The Labute approximate surface area is 126 Å². The SMILES string of the molecule is O=C(CCNCCc1ccccc1)NCc1ccccc1. The summed E-state index contributed by atoms with van der Waals surface area (Å²) in [6.07, 6.45) is 1.51. The maximum absolute atomic E-state index is 11.7. The molecule has 0 radical (unpaired) electrons. The fourth-order valence-corrected chi connectivity index (χ4v) is 2.09. The van der Waals surface area contributed by atoms with Gasteiger partial charge >= 0.3 is 0 Å². The fraction of sp³-hybridized carbons (Fsp3) is 0.278. The molecule has 0 unspecified atom stereocenters. The van der Waals surface area contributed by atoms with Crippen molar-refractivity contribution in [2.75, 3.05) is 13.1 Å². The van der Waals surface area contributed by atoms with Crippen LogP contribution in [0.15, 0.2) is 60.7 Å². The van der Waals surface area contributed by atoms with Gasteiger partial charge in [-0.2, -0.15) is 0 Å². The lowest BCUT2D eigenvalue weighted by Crippen LogP contribution is -2.28. The van der Waals surface area contributed by atoms with Crippen molar-refractivity contribution in [1.82, 2.24) is 10.6 Å². The van der Waals surface area contributed by atoms with E-state index in [1.54, 1.807) is 0 Å². The second-order valence-electron chi connectivity index (χ2n) is 5.00. The summed E-state index contributed by atoms with van der Waals surface area (Å²) >= 11 is 0. The molecular weight excluding hydrogens is 260 g/mol. The Morgan fingerprint density at radius 2 is 1.43 bits per heavy atom. The van der Waals surface area contributed by atoms with Gasteiger partial charge in [0.05, 0.1) is 0 Å². The molecule has 0 aliphatic carbocycles. The van der Waals surface area contributed by atoms with Gasteiger partial charge in [-0.15, -0.1) is 0 Å². The molecule has 110 valence electrons. The Bertz CT molecular complexity index is 525. The average Bonchev–Trinajstić information content (AvgIpc) is 2.54. The van der Waals surface area contributed by atoms with Crippen molar-refractivity contribution in [1.29, 1.82) is 0 Å². The van der Waals surface area contributed by atoms with E-state index >= 15 is 0 Å². The molecule has 0 aromatic heterocycles. The molecule has 0 aliphatic heterocycles. The van der Waals surface area contributed by atoms with Crippen LogP contribution in [-0.2, 0) is 17.8 Å². The second kappa shape index (κ2) is 8.93. The molecule has 0 saturated carbocycles. The van der Waals surface area contributed by atoms with Gasteiger partial charge in [0, 0.05) is 19.5 Å². The minimum absolute atomic E-state index is 0.0889. The molecule has 0 spiro atoms. The Hall–Kier alpha value is -2.13. The van der Waals surface area contributed by atoms with Crippen molar-refractivity contribution in [2.45, 2.75) is 19.4 Å². The predicted molar refractivity (Wildman–Crippen MR) is 85.9 cm³/mol. The summed E-state index contributed by atoms with van der Waals surface area (Å²) in [5.41, 5.74) is 2.45. The number of hydrogen-bond acceptors (Lipinski definition) is 2. The molecule has 0 fully saturated rings. The third-order valence-corrected chi connectivity index (χ3v) is 3.29. The molecule has 2 aromatic carbocycles. The van der Waals surface area contributed by atoms with Gasteiger partial charge in [0.1, 0.15) is 0 Å². The molecule has 0 atom stereocenters. The first-order valence-electron chi connectivity index (χ1n) is 7.40. The summed E-state index contributed by atoms with van der Waals surface area (Å²) in [7, 11) is 0. The van der Waals surface area contributed by atoms with Crippen molar-refractivity contribution in [3.05, 3.63) is 71.8 Å². The van der Waals surface area contributed by atoms with Crippen LogP contribution < -0.4 is 10.6 Å². The van der Waals surface area contributed by atoms with Gasteiger partial charge in [0.2, 0.25) is 5.91 Å². The second-order valence-corrected chi connectivity index (χ2v) is 5.00. The largest absolute Gasteiger partial charge is 0.352 e. The van der Waals surface area contributed by atoms with E-state index in [2.05, 4.69) is 22.8 Å². The van der Waals surface area contributed by atoms with E-state index in [-0.39, 0.29) is 5.91 Å². The lowest BCUT2D eigenvalue weighted by Gasteiger charge is -2.07. The maximum Gasteiger partial charge on any atom is 0.221 e. The Balaban J connectivity index is 1.53. The summed E-state index contributed by atoms with van der Waals surface area (Å²) in [4.78, 5) is 11.7. The lowest BCUT2D eigenvalue weighted by atomic mass is 10.1. The number of amides is 1. The number of carbonyl (C=O) groups is 1. The van der Waals surface area contributed by atoms with Crippen molar-refractivity contribution in [3.8, 4) is 0 Å². The van der Waals surface area contributed by atoms with E-state index in [0.717, 1.165) is 18.5 Å².